The van der Waals surface area contributed by atoms with Gasteiger partial charge in [-0.25, -0.2) is 0 Å². The summed E-state index contributed by atoms with van der Waals surface area (Å²) in [6, 6.07) is 12.6. The molecule has 0 N–H and O–H groups in total. The largest absolute Gasteiger partial charge is 0.497 e. The van der Waals surface area contributed by atoms with E-state index < -0.39 is 0 Å². The van der Waals surface area contributed by atoms with Gasteiger partial charge < -0.3 is 9.47 Å². The minimum atomic E-state index is 0.517. The van der Waals surface area contributed by atoms with Crippen molar-refractivity contribution in [2.75, 3.05) is 13.7 Å². The molecule has 0 atom stereocenters. The summed E-state index contributed by atoms with van der Waals surface area (Å²) in [6.07, 6.45) is 2.67. The van der Waals surface area contributed by atoms with Crippen LogP contribution in [0, 0.1) is 19.8 Å². The van der Waals surface area contributed by atoms with Crippen LogP contribution in [0.25, 0.3) is 10.8 Å². The number of benzene rings is 2. The van der Waals surface area contributed by atoms with Crippen molar-refractivity contribution in [2.45, 2.75) is 34.1 Å². The molecule has 3 aromatic rings. The molecule has 26 heavy (non-hydrogen) atoms. The smallest absolute Gasteiger partial charge is 0.125 e. The second-order valence-corrected chi connectivity index (χ2v) is 7.29. The molecular weight excluding hydrogens is 322 g/mol. The molecule has 0 saturated heterocycles. The van der Waals surface area contributed by atoms with Gasteiger partial charge in [-0.15, -0.1) is 0 Å². The fraction of sp³-hybridized carbons (Fsp3) is 0.348. The minimum Gasteiger partial charge on any atom is -0.497 e. The summed E-state index contributed by atoms with van der Waals surface area (Å²) < 4.78 is 11.4. The van der Waals surface area contributed by atoms with Gasteiger partial charge in [0.1, 0.15) is 11.5 Å². The topological polar surface area (TPSA) is 31.4 Å². The number of methoxy groups -OCH3 is 1. The van der Waals surface area contributed by atoms with Gasteiger partial charge in [0.25, 0.3) is 0 Å². The molecule has 136 valence electrons. The van der Waals surface area contributed by atoms with E-state index in [2.05, 4.69) is 56.9 Å². The van der Waals surface area contributed by atoms with Crippen LogP contribution < -0.4 is 9.47 Å². The lowest BCUT2D eigenvalue weighted by Crippen LogP contribution is -2.07. The maximum absolute atomic E-state index is 6.00. The molecule has 0 aliphatic rings. The molecule has 0 aliphatic carbocycles. The van der Waals surface area contributed by atoms with Gasteiger partial charge in [-0.3, -0.25) is 4.98 Å². The van der Waals surface area contributed by atoms with Crippen molar-refractivity contribution in [1.82, 2.24) is 4.98 Å². The minimum absolute atomic E-state index is 0.517. The molecule has 0 unspecified atom stereocenters. The molecule has 3 nitrogen and oxygen atoms in total. The molecule has 0 saturated carbocycles. The van der Waals surface area contributed by atoms with Gasteiger partial charge >= 0.3 is 0 Å². The number of aryl methyl sites for hydroxylation is 2. The summed E-state index contributed by atoms with van der Waals surface area (Å²) in [4.78, 5) is 4.63. The van der Waals surface area contributed by atoms with Crippen LogP contribution in [0.2, 0.25) is 0 Å². The Morgan fingerprint density at radius 1 is 1.00 bits per heavy atom. The predicted octanol–water partition coefficient (Wildman–Crippen LogP) is 5.49. The van der Waals surface area contributed by atoms with Gasteiger partial charge in [0, 0.05) is 18.0 Å². The van der Waals surface area contributed by atoms with Crippen LogP contribution in [-0.2, 0) is 6.42 Å². The standard InChI is InChI=1S/C23H27NO2/c1-15(2)14-26-23-16(3)10-18(11-17(23)4)12-22-21-13-20(25-5)7-6-19(21)8-9-24-22/h6-11,13,15H,12,14H2,1-5H3. The van der Waals surface area contributed by atoms with Crippen LogP contribution in [0.1, 0.15) is 36.2 Å². The molecule has 0 spiro atoms. The zero-order valence-electron chi connectivity index (χ0n) is 16.3. The predicted molar refractivity (Wildman–Crippen MR) is 107 cm³/mol. The summed E-state index contributed by atoms with van der Waals surface area (Å²) in [7, 11) is 1.69. The van der Waals surface area contributed by atoms with E-state index in [1.165, 1.54) is 22.1 Å². The fourth-order valence-electron chi connectivity index (χ4n) is 3.29. The summed E-state index contributed by atoms with van der Waals surface area (Å²) in [5.41, 5.74) is 4.67. The Kier molecular flexibility index (Phi) is 5.46. The molecule has 0 aliphatic heterocycles. The van der Waals surface area contributed by atoms with Crippen LogP contribution in [0.5, 0.6) is 11.5 Å². The summed E-state index contributed by atoms with van der Waals surface area (Å²) >= 11 is 0. The molecule has 0 radical (unpaired) electrons. The number of fused-ring (bicyclic) bond motifs is 1. The number of ether oxygens (including phenoxy) is 2. The summed E-state index contributed by atoms with van der Waals surface area (Å²) in [5, 5.41) is 2.32. The van der Waals surface area contributed by atoms with Crippen molar-refractivity contribution in [3.63, 3.8) is 0 Å². The first kappa shape index (κ1) is 18.2. The van der Waals surface area contributed by atoms with E-state index in [4.69, 9.17) is 9.47 Å². The molecular formula is C23H27NO2. The Bertz CT molecular complexity index is 892. The van der Waals surface area contributed by atoms with Crippen LogP contribution >= 0.6 is 0 Å². The number of pyridine rings is 1. The highest BCUT2D eigenvalue weighted by Crippen LogP contribution is 2.28. The Hall–Kier alpha value is -2.55. The number of nitrogens with zero attached hydrogens (tertiary/aromatic N) is 1. The van der Waals surface area contributed by atoms with E-state index in [-0.39, 0.29) is 0 Å². The van der Waals surface area contributed by atoms with Gasteiger partial charge in [-0.1, -0.05) is 32.0 Å². The van der Waals surface area contributed by atoms with Crippen molar-refractivity contribution in [3.8, 4) is 11.5 Å². The van der Waals surface area contributed by atoms with E-state index in [1.807, 2.05) is 18.3 Å². The maximum atomic E-state index is 6.00. The molecule has 0 bridgehead atoms. The van der Waals surface area contributed by atoms with Crippen LogP contribution in [0.4, 0.5) is 0 Å². The SMILES string of the molecule is COc1ccc2ccnc(Cc3cc(C)c(OCC(C)C)c(C)c3)c2c1. The Balaban J connectivity index is 1.93. The number of aromatic nitrogens is 1. The highest BCUT2D eigenvalue weighted by atomic mass is 16.5. The van der Waals surface area contributed by atoms with Gasteiger partial charge in [0.15, 0.2) is 0 Å². The molecule has 0 amide bonds. The van der Waals surface area contributed by atoms with Crippen molar-refractivity contribution < 1.29 is 9.47 Å². The van der Waals surface area contributed by atoms with E-state index in [9.17, 15) is 0 Å². The van der Waals surface area contributed by atoms with E-state index in [0.717, 1.165) is 35.6 Å². The van der Waals surface area contributed by atoms with Gasteiger partial charge in [-0.2, -0.15) is 0 Å². The monoisotopic (exact) mass is 349 g/mol. The van der Waals surface area contributed by atoms with Crippen LogP contribution in [0.15, 0.2) is 42.6 Å². The number of hydrogen-bond acceptors (Lipinski definition) is 3. The lowest BCUT2D eigenvalue weighted by Gasteiger charge is -2.16. The first-order valence-electron chi connectivity index (χ1n) is 9.12. The Morgan fingerprint density at radius 2 is 1.73 bits per heavy atom. The molecule has 1 aromatic heterocycles. The average molecular weight is 349 g/mol. The molecule has 3 rings (SSSR count). The average Bonchev–Trinajstić information content (AvgIpc) is 2.60. The normalized spacial score (nSPS) is 11.2. The zero-order chi connectivity index (χ0) is 18.7. The van der Waals surface area contributed by atoms with Gasteiger partial charge in [0.2, 0.25) is 0 Å². The second kappa shape index (κ2) is 7.77. The van der Waals surface area contributed by atoms with Crippen molar-refractivity contribution in [3.05, 3.63) is 65.0 Å². The third-order valence-corrected chi connectivity index (χ3v) is 4.51. The summed E-state index contributed by atoms with van der Waals surface area (Å²) in [6.45, 7) is 9.31. The third-order valence-electron chi connectivity index (χ3n) is 4.51. The van der Waals surface area contributed by atoms with Gasteiger partial charge in [-0.05, 0) is 60.0 Å². The van der Waals surface area contributed by atoms with Crippen molar-refractivity contribution in [1.29, 1.82) is 0 Å². The maximum Gasteiger partial charge on any atom is 0.125 e. The Morgan fingerprint density at radius 3 is 2.38 bits per heavy atom. The lowest BCUT2D eigenvalue weighted by atomic mass is 9.99. The highest BCUT2D eigenvalue weighted by molar-refractivity contribution is 5.86. The number of rotatable bonds is 6. The zero-order valence-corrected chi connectivity index (χ0v) is 16.3. The van der Waals surface area contributed by atoms with Crippen molar-refractivity contribution in [2.24, 2.45) is 5.92 Å². The molecule has 3 heteroatoms. The van der Waals surface area contributed by atoms with E-state index in [0.29, 0.717) is 5.92 Å². The van der Waals surface area contributed by atoms with Gasteiger partial charge in [0.05, 0.1) is 19.4 Å². The summed E-state index contributed by atoms with van der Waals surface area (Å²) in [5.74, 6) is 2.38. The molecule has 2 aromatic carbocycles. The molecule has 0 fully saturated rings. The van der Waals surface area contributed by atoms with E-state index in [1.54, 1.807) is 7.11 Å². The first-order valence-corrected chi connectivity index (χ1v) is 9.12. The van der Waals surface area contributed by atoms with E-state index >= 15 is 0 Å². The van der Waals surface area contributed by atoms with Crippen molar-refractivity contribution >= 4 is 10.8 Å². The second-order valence-electron chi connectivity index (χ2n) is 7.29. The fourth-order valence-corrected chi connectivity index (χ4v) is 3.29. The molecule has 1 heterocycles. The lowest BCUT2D eigenvalue weighted by molar-refractivity contribution is 0.267. The van der Waals surface area contributed by atoms with Crippen LogP contribution in [-0.4, -0.2) is 18.7 Å². The quantitative estimate of drug-likeness (QED) is 0.590. The number of hydrogen-bond donors (Lipinski definition) is 0. The first-order chi connectivity index (χ1) is 12.5. The van der Waals surface area contributed by atoms with Crippen LogP contribution in [0.3, 0.4) is 0 Å². The highest BCUT2D eigenvalue weighted by Gasteiger charge is 2.10. The Labute approximate surface area is 156 Å². The third kappa shape index (κ3) is 3.98.